The largest absolute Gasteiger partial charge is 0.493 e. The Kier molecular flexibility index (Phi) is 4.04. The molecular weight excluding hydrogens is 240 g/mol. The van der Waals surface area contributed by atoms with Crippen LogP contribution >= 0.6 is 0 Å². The summed E-state index contributed by atoms with van der Waals surface area (Å²) < 4.78 is 11.2. The Balaban J connectivity index is 1.49. The van der Waals surface area contributed by atoms with Gasteiger partial charge in [0.15, 0.2) is 0 Å². The molecule has 3 unspecified atom stereocenters. The third kappa shape index (κ3) is 2.93. The van der Waals surface area contributed by atoms with Crippen LogP contribution in [0, 0.1) is 0 Å². The second-order valence-corrected chi connectivity index (χ2v) is 5.59. The highest BCUT2D eigenvalue weighted by Crippen LogP contribution is 2.36. The Hall–Kier alpha value is -1.06. The van der Waals surface area contributed by atoms with Crippen molar-refractivity contribution < 1.29 is 14.6 Å². The summed E-state index contributed by atoms with van der Waals surface area (Å²) in [6.07, 6.45) is 5.45. The fourth-order valence-electron chi connectivity index (χ4n) is 3.13. The number of aliphatic hydroxyl groups excluding tert-OH is 1. The number of hydrogen-bond acceptors (Lipinski definition) is 3. The highest BCUT2D eigenvalue weighted by atomic mass is 16.5. The molecule has 2 heterocycles. The van der Waals surface area contributed by atoms with E-state index in [1.807, 2.05) is 18.2 Å². The van der Waals surface area contributed by atoms with Gasteiger partial charge in [-0.25, -0.2) is 0 Å². The molecule has 3 heteroatoms. The van der Waals surface area contributed by atoms with Crippen LogP contribution in [0.1, 0.15) is 43.6 Å². The van der Waals surface area contributed by atoms with Gasteiger partial charge in [0.05, 0.1) is 18.8 Å². The van der Waals surface area contributed by atoms with Crippen molar-refractivity contribution in [3.63, 3.8) is 0 Å². The molecule has 0 aliphatic carbocycles. The molecule has 0 amide bonds. The summed E-state index contributed by atoms with van der Waals surface area (Å²) in [6.45, 7) is 1.53. The van der Waals surface area contributed by atoms with Crippen molar-refractivity contribution in [1.29, 1.82) is 0 Å². The van der Waals surface area contributed by atoms with E-state index in [1.54, 1.807) is 0 Å². The summed E-state index contributed by atoms with van der Waals surface area (Å²) in [5, 5.41) is 10.3. The first-order chi connectivity index (χ1) is 9.34. The molecule has 1 N–H and O–H groups in total. The fraction of sp³-hybridized carbons (Fsp3) is 0.625. The molecule has 1 fully saturated rings. The lowest BCUT2D eigenvalue weighted by atomic mass is 9.92. The first-order valence-electron chi connectivity index (χ1n) is 7.36. The lowest BCUT2D eigenvalue weighted by Crippen LogP contribution is -2.20. The monoisotopic (exact) mass is 262 g/mol. The highest BCUT2D eigenvalue weighted by Gasteiger charge is 2.29. The molecule has 0 aromatic heterocycles. The zero-order chi connectivity index (χ0) is 13.1. The van der Waals surface area contributed by atoms with Crippen LogP contribution < -0.4 is 4.74 Å². The molecule has 104 valence electrons. The molecule has 19 heavy (non-hydrogen) atoms. The maximum atomic E-state index is 10.3. The summed E-state index contributed by atoms with van der Waals surface area (Å²) in [5.41, 5.74) is 1.16. The maximum Gasteiger partial charge on any atom is 0.123 e. The topological polar surface area (TPSA) is 38.7 Å². The van der Waals surface area contributed by atoms with Crippen molar-refractivity contribution >= 4 is 0 Å². The van der Waals surface area contributed by atoms with Crippen LogP contribution in [0.5, 0.6) is 5.75 Å². The molecule has 3 nitrogen and oxygen atoms in total. The van der Waals surface area contributed by atoms with E-state index < -0.39 is 0 Å². The van der Waals surface area contributed by atoms with E-state index in [9.17, 15) is 5.11 Å². The molecule has 1 saturated heterocycles. The number of rotatable bonds is 5. The first kappa shape index (κ1) is 12.9. The Morgan fingerprint density at radius 1 is 1.32 bits per heavy atom. The van der Waals surface area contributed by atoms with Crippen LogP contribution in [0.4, 0.5) is 0 Å². The van der Waals surface area contributed by atoms with Crippen LogP contribution in [0.3, 0.4) is 0 Å². The second kappa shape index (κ2) is 5.93. The maximum absolute atomic E-state index is 10.3. The van der Waals surface area contributed by atoms with E-state index in [0.29, 0.717) is 12.7 Å². The Morgan fingerprint density at radius 2 is 2.21 bits per heavy atom. The third-order valence-electron chi connectivity index (χ3n) is 4.25. The Bertz CT molecular complexity index is 412. The lowest BCUT2D eigenvalue weighted by molar-refractivity contribution is 0.0866. The van der Waals surface area contributed by atoms with Gasteiger partial charge in [-0.05, 0) is 38.2 Å². The molecule has 0 spiro atoms. The smallest absolute Gasteiger partial charge is 0.123 e. The molecule has 3 atom stereocenters. The number of benzene rings is 1. The third-order valence-corrected chi connectivity index (χ3v) is 4.25. The van der Waals surface area contributed by atoms with Crippen molar-refractivity contribution in [1.82, 2.24) is 0 Å². The minimum atomic E-state index is -0.301. The van der Waals surface area contributed by atoms with E-state index in [-0.39, 0.29) is 12.0 Å². The first-order valence-corrected chi connectivity index (χ1v) is 7.36. The zero-order valence-corrected chi connectivity index (χ0v) is 11.3. The minimum Gasteiger partial charge on any atom is -0.493 e. The van der Waals surface area contributed by atoms with Gasteiger partial charge >= 0.3 is 0 Å². The zero-order valence-electron chi connectivity index (χ0n) is 11.3. The van der Waals surface area contributed by atoms with Gasteiger partial charge in [-0.15, -0.1) is 0 Å². The van der Waals surface area contributed by atoms with Crippen LogP contribution in [0.15, 0.2) is 24.3 Å². The van der Waals surface area contributed by atoms with Crippen molar-refractivity contribution in [3.05, 3.63) is 29.8 Å². The summed E-state index contributed by atoms with van der Waals surface area (Å²) in [5.74, 6) is 1.08. The SMILES string of the molecule is OC(CCCC1CCCO1)C1COc2ccccc21. The van der Waals surface area contributed by atoms with E-state index in [2.05, 4.69) is 6.07 Å². The summed E-state index contributed by atoms with van der Waals surface area (Å²) in [4.78, 5) is 0. The Morgan fingerprint density at radius 3 is 3.05 bits per heavy atom. The van der Waals surface area contributed by atoms with E-state index >= 15 is 0 Å². The number of aliphatic hydroxyl groups is 1. The van der Waals surface area contributed by atoms with Gasteiger partial charge in [0.1, 0.15) is 5.75 Å². The van der Waals surface area contributed by atoms with Crippen LogP contribution in [-0.4, -0.2) is 30.5 Å². The summed E-state index contributed by atoms with van der Waals surface area (Å²) in [6, 6.07) is 8.04. The van der Waals surface area contributed by atoms with Crippen molar-refractivity contribution in [3.8, 4) is 5.75 Å². The average Bonchev–Trinajstić information content (AvgIpc) is 3.07. The predicted octanol–water partition coefficient (Wildman–Crippen LogP) is 2.87. The highest BCUT2D eigenvalue weighted by molar-refractivity contribution is 5.40. The van der Waals surface area contributed by atoms with Crippen LogP contribution in [0.25, 0.3) is 0 Å². The minimum absolute atomic E-state index is 0.140. The molecule has 2 aliphatic rings. The van der Waals surface area contributed by atoms with Crippen molar-refractivity contribution in [2.24, 2.45) is 0 Å². The second-order valence-electron chi connectivity index (χ2n) is 5.59. The summed E-state index contributed by atoms with van der Waals surface area (Å²) in [7, 11) is 0. The predicted molar refractivity (Wildman–Crippen MR) is 73.5 cm³/mol. The normalized spacial score (nSPS) is 27.0. The van der Waals surface area contributed by atoms with Gasteiger partial charge in [-0.2, -0.15) is 0 Å². The average molecular weight is 262 g/mol. The van der Waals surface area contributed by atoms with Gasteiger partial charge in [0.25, 0.3) is 0 Å². The van der Waals surface area contributed by atoms with Crippen LogP contribution in [0.2, 0.25) is 0 Å². The van der Waals surface area contributed by atoms with Gasteiger partial charge in [-0.3, -0.25) is 0 Å². The molecule has 2 aliphatic heterocycles. The number of fused-ring (bicyclic) bond motifs is 1. The Labute approximate surface area is 114 Å². The van der Waals surface area contributed by atoms with Crippen molar-refractivity contribution in [2.45, 2.75) is 50.2 Å². The van der Waals surface area contributed by atoms with E-state index in [1.165, 1.54) is 12.8 Å². The lowest BCUT2D eigenvalue weighted by Gasteiger charge is -2.18. The van der Waals surface area contributed by atoms with E-state index in [0.717, 1.165) is 37.2 Å². The van der Waals surface area contributed by atoms with Crippen LogP contribution in [-0.2, 0) is 4.74 Å². The molecule has 0 saturated carbocycles. The van der Waals surface area contributed by atoms with Gasteiger partial charge in [0.2, 0.25) is 0 Å². The van der Waals surface area contributed by atoms with Gasteiger partial charge in [0, 0.05) is 18.1 Å². The van der Waals surface area contributed by atoms with Crippen molar-refractivity contribution in [2.75, 3.05) is 13.2 Å². The molecular formula is C16H22O3. The van der Waals surface area contributed by atoms with Gasteiger partial charge in [-0.1, -0.05) is 18.2 Å². The molecule has 0 radical (unpaired) electrons. The molecule has 0 bridgehead atoms. The number of ether oxygens (including phenoxy) is 2. The molecule has 1 aromatic rings. The fourth-order valence-corrected chi connectivity index (χ4v) is 3.13. The number of hydrogen-bond donors (Lipinski definition) is 1. The standard InChI is InChI=1S/C16H22O3/c17-15(8-3-5-12-6-4-10-18-12)14-11-19-16-9-2-1-7-13(14)16/h1-2,7,9,12,14-15,17H,3-6,8,10-11H2. The molecule has 3 rings (SSSR count). The van der Waals surface area contributed by atoms with E-state index in [4.69, 9.17) is 9.47 Å². The summed E-state index contributed by atoms with van der Waals surface area (Å²) >= 11 is 0. The van der Waals surface area contributed by atoms with Gasteiger partial charge < -0.3 is 14.6 Å². The quantitative estimate of drug-likeness (QED) is 0.886. The molecule has 1 aromatic carbocycles. The number of para-hydroxylation sites is 1.